The smallest absolute Gasteiger partial charge is 0.210 e. The highest BCUT2D eigenvalue weighted by atomic mass is 19.4. The van der Waals surface area contributed by atoms with Crippen molar-refractivity contribution in [3.05, 3.63) is 11.4 Å². The number of alkyl halides is 19. The molecule has 0 heterocycles. The molecule has 0 radical (unpaired) electrons. The predicted molar refractivity (Wildman–Crippen MR) is 50.7 cm³/mol. The first-order valence-electron chi connectivity index (χ1n) is 6.03. The monoisotopic (exact) mass is 500 g/mol. The van der Waals surface area contributed by atoms with Crippen molar-refractivity contribution >= 4 is 0 Å². The zero-order chi connectivity index (χ0) is 25.2. The van der Waals surface area contributed by atoms with Gasteiger partial charge in [0.15, 0.2) is 5.57 Å². The quantitative estimate of drug-likeness (QED) is 0.358. The number of hydrogen-bond donors (Lipinski definition) is 0. The van der Waals surface area contributed by atoms with Gasteiger partial charge in [0.1, 0.15) is 5.83 Å². The lowest BCUT2D eigenvalue weighted by atomic mass is 9.70. The SMILES string of the molecule is FC(=C(C(F)(F)F)C(F)(F)F)C(C(F)(F)F)(C(F)(F)C(F)(F)F)C(F)(F)C(F)(F)F. The Labute approximate surface area is 149 Å². The highest BCUT2D eigenvalue weighted by Crippen LogP contribution is 2.70. The van der Waals surface area contributed by atoms with Crippen molar-refractivity contribution < 1.29 is 87.8 Å². The Bertz CT molecular complexity index is 614. The van der Waals surface area contributed by atoms with E-state index in [9.17, 15) is 87.8 Å². The molecule has 0 saturated heterocycles. The standard InChI is InChI=1S/C10F20/c11-2(1(4(12,13)14)5(15,16)17)3(8(22,23)24,6(18,19)9(25,26)27)7(20,21)10(28,29)30. The van der Waals surface area contributed by atoms with Gasteiger partial charge in [-0.1, -0.05) is 0 Å². The zero-order valence-electron chi connectivity index (χ0n) is 12.6. The van der Waals surface area contributed by atoms with Crippen molar-refractivity contribution in [3.8, 4) is 0 Å². The van der Waals surface area contributed by atoms with Gasteiger partial charge in [-0.15, -0.1) is 0 Å². The second kappa shape index (κ2) is 6.92. The second-order valence-corrected chi connectivity index (χ2v) is 5.08. The third kappa shape index (κ3) is 3.96. The molecule has 0 aromatic rings. The Hall–Kier alpha value is -1.66. The molecule has 0 unspecified atom stereocenters. The molecule has 0 atom stereocenters. The topological polar surface area (TPSA) is 0 Å². The van der Waals surface area contributed by atoms with Crippen molar-refractivity contribution in [1.29, 1.82) is 0 Å². The van der Waals surface area contributed by atoms with Crippen LogP contribution in [0.1, 0.15) is 0 Å². The van der Waals surface area contributed by atoms with Gasteiger partial charge in [-0.25, -0.2) is 4.39 Å². The highest BCUT2D eigenvalue weighted by molar-refractivity contribution is 5.34. The molecule has 30 heavy (non-hydrogen) atoms. The maximum Gasteiger partial charge on any atom is 0.454 e. The first-order chi connectivity index (χ1) is 12.5. The van der Waals surface area contributed by atoms with Crippen molar-refractivity contribution in [3.63, 3.8) is 0 Å². The van der Waals surface area contributed by atoms with Crippen molar-refractivity contribution in [1.82, 2.24) is 0 Å². The van der Waals surface area contributed by atoms with E-state index in [0.29, 0.717) is 0 Å². The number of allylic oxidation sites excluding steroid dienone is 2. The van der Waals surface area contributed by atoms with Crippen molar-refractivity contribution in [2.75, 3.05) is 0 Å². The van der Waals surface area contributed by atoms with E-state index in [-0.39, 0.29) is 0 Å². The van der Waals surface area contributed by atoms with Crippen LogP contribution in [0.15, 0.2) is 11.4 Å². The molecule has 20 heteroatoms. The van der Waals surface area contributed by atoms with Crippen LogP contribution in [0.25, 0.3) is 0 Å². The summed E-state index contributed by atoms with van der Waals surface area (Å²) in [6, 6.07) is 0. The summed E-state index contributed by atoms with van der Waals surface area (Å²) in [5.41, 5.74) is -14.8. The van der Waals surface area contributed by atoms with E-state index in [4.69, 9.17) is 0 Å². The zero-order valence-corrected chi connectivity index (χ0v) is 12.6. The van der Waals surface area contributed by atoms with E-state index < -0.39 is 59.5 Å². The van der Waals surface area contributed by atoms with Gasteiger partial charge in [0.25, 0.3) is 5.41 Å². The Kier molecular flexibility index (Phi) is 6.54. The maximum absolute atomic E-state index is 13.7. The lowest BCUT2D eigenvalue weighted by Crippen LogP contribution is -2.71. The van der Waals surface area contributed by atoms with Gasteiger partial charge >= 0.3 is 42.7 Å². The molecule has 0 aliphatic heterocycles. The molecular weight excluding hydrogens is 500 g/mol. The molecule has 0 rings (SSSR count). The van der Waals surface area contributed by atoms with Crippen LogP contribution in [0.4, 0.5) is 87.8 Å². The molecule has 0 spiro atoms. The predicted octanol–water partition coefficient (Wildman–Crippen LogP) is 7.28. The number of hydrogen-bond acceptors (Lipinski definition) is 0. The average Bonchev–Trinajstić information content (AvgIpc) is 2.29. The third-order valence-electron chi connectivity index (χ3n) is 3.19. The summed E-state index contributed by atoms with van der Waals surface area (Å²) in [5.74, 6) is -24.0. The Morgan fingerprint density at radius 3 is 0.733 bits per heavy atom. The van der Waals surface area contributed by atoms with Gasteiger partial charge in [0.2, 0.25) is 0 Å². The molecule has 0 amide bonds. The van der Waals surface area contributed by atoms with Crippen LogP contribution in [-0.4, -0.2) is 42.7 Å². The maximum atomic E-state index is 13.7. The summed E-state index contributed by atoms with van der Waals surface area (Å²) in [4.78, 5) is 0. The molecule has 0 aliphatic carbocycles. The summed E-state index contributed by atoms with van der Waals surface area (Å²) in [6.45, 7) is 0. The normalized spacial score (nSPS) is 16.0. The summed E-state index contributed by atoms with van der Waals surface area (Å²) < 4.78 is 253. The van der Waals surface area contributed by atoms with Gasteiger partial charge in [-0.05, 0) is 0 Å². The number of rotatable bonds is 3. The van der Waals surface area contributed by atoms with Crippen LogP contribution in [0.3, 0.4) is 0 Å². The Morgan fingerprint density at radius 1 is 0.367 bits per heavy atom. The van der Waals surface area contributed by atoms with Crippen LogP contribution in [-0.2, 0) is 0 Å². The minimum absolute atomic E-state index is 5.72. The van der Waals surface area contributed by atoms with Gasteiger partial charge in [-0.3, -0.25) is 0 Å². The summed E-state index contributed by atoms with van der Waals surface area (Å²) >= 11 is 0. The molecule has 0 aromatic heterocycles. The fourth-order valence-electron chi connectivity index (χ4n) is 1.98. The molecule has 0 N–H and O–H groups in total. The average molecular weight is 500 g/mol. The molecule has 180 valence electrons. The van der Waals surface area contributed by atoms with E-state index >= 15 is 0 Å². The van der Waals surface area contributed by atoms with E-state index in [0.717, 1.165) is 0 Å². The largest absolute Gasteiger partial charge is 0.454 e. The van der Waals surface area contributed by atoms with Crippen molar-refractivity contribution in [2.24, 2.45) is 5.41 Å². The molecule has 0 nitrogen and oxygen atoms in total. The van der Waals surface area contributed by atoms with E-state index in [1.807, 2.05) is 0 Å². The third-order valence-corrected chi connectivity index (χ3v) is 3.19. The Balaban J connectivity index is 8.33. The van der Waals surface area contributed by atoms with Gasteiger partial charge in [0.05, 0.1) is 0 Å². The van der Waals surface area contributed by atoms with Gasteiger partial charge in [-0.2, -0.15) is 83.4 Å². The highest BCUT2D eigenvalue weighted by Gasteiger charge is 2.95. The molecule has 0 saturated carbocycles. The van der Waals surface area contributed by atoms with Gasteiger partial charge in [0, 0.05) is 0 Å². The lowest BCUT2D eigenvalue weighted by Gasteiger charge is -2.46. The van der Waals surface area contributed by atoms with Crippen LogP contribution in [0.5, 0.6) is 0 Å². The fourth-order valence-corrected chi connectivity index (χ4v) is 1.98. The first-order valence-corrected chi connectivity index (χ1v) is 6.03. The van der Waals surface area contributed by atoms with Crippen LogP contribution in [0.2, 0.25) is 0 Å². The van der Waals surface area contributed by atoms with Crippen LogP contribution in [0, 0.1) is 5.41 Å². The summed E-state index contributed by atoms with van der Waals surface area (Å²) in [6.07, 6.45) is -41.0. The van der Waals surface area contributed by atoms with E-state index in [1.54, 1.807) is 0 Å². The van der Waals surface area contributed by atoms with Crippen molar-refractivity contribution in [2.45, 2.75) is 42.7 Å². The lowest BCUT2D eigenvalue weighted by molar-refractivity contribution is -0.455. The van der Waals surface area contributed by atoms with E-state index in [2.05, 4.69) is 0 Å². The summed E-state index contributed by atoms with van der Waals surface area (Å²) in [7, 11) is 0. The molecule has 0 fully saturated rings. The summed E-state index contributed by atoms with van der Waals surface area (Å²) in [5, 5.41) is 0. The van der Waals surface area contributed by atoms with Crippen LogP contribution < -0.4 is 0 Å². The minimum Gasteiger partial charge on any atom is -0.210 e. The molecule has 0 aromatic carbocycles. The number of halogens is 20. The first kappa shape index (κ1) is 28.3. The molecule has 0 bridgehead atoms. The Morgan fingerprint density at radius 2 is 0.600 bits per heavy atom. The minimum atomic E-state index is -9.05. The van der Waals surface area contributed by atoms with Crippen LogP contribution >= 0.6 is 0 Å². The molecule has 0 aliphatic rings. The fraction of sp³-hybridized carbons (Fsp3) is 0.800. The van der Waals surface area contributed by atoms with Gasteiger partial charge < -0.3 is 0 Å². The second-order valence-electron chi connectivity index (χ2n) is 5.08. The molecular formula is C10F20. The van der Waals surface area contributed by atoms with E-state index in [1.165, 1.54) is 0 Å².